The lowest BCUT2D eigenvalue weighted by atomic mass is 10.1. The fourth-order valence-corrected chi connectivity index (χ4v) is 2.28. The van der Waals surface area contributed by atoms with Crippen LogP contribution in [0.3, 0.4) is 0 Å². The molecule has 1 atom stereocenters. The monoisotopic (exact) mass is 252 g/mol. The maximum absolute atomic E-state index is 13.8. The molecule has 1 aromatic carbocycles. The van der Waals surface area contributed by atoms with Gasteiger partial charge >= 0.3 is 0 Å². The van der Waals surface area contributed by atoms with Gasteiger partial charge in [0.25, 0.3) is 0 Å². The summed E-state index contributed by atoms with van der Waals surface area (Å²) in [6, 6.07) is 5.70. The Morgan fingerprint density at radius 2 is 2.33 bits per heavy atom. The molecule has 1 saturated heterocycles. The van der Waals surface area contributed by atoms with E-state index in [9.17, 15) is 4.39 Å². The zero-order valence-electron chi connectivity index (χ0n) is 11.1. The van der Waals surface area contributed by atoms with Gasteiger partial charge in [-0.2, -0.15) is 0 Å². The van der Waals surface area contributed by atoms with Crippen LogP contribution in [0.5, 0.6) is 0 Å². The van der Waals surface area contributed by atoms with Gasteiger partial charge in [0.2, 0.25) is 0 Å². The molecule has 1 aliphatic heterocycles. The molecule has 0 radical (unpaired) electrons. The van der Waals surface area contributed by atoms with Crippen molar-refractivity contribution in [2.45, 2.75) is 26.1 Å². The Bertz CT molecular complexity index is 397. The third-order valence-electron chi connectivity index (χ3n) is 3.37. The quantitative estimate of drug-likeness (QED) is 0.884. The van der Waals surface area contributed by atoms with Crippen molar-refractivity contribution in [1.82, 2.24) is 10.2 Å². The highest BCUT2D eigenvalue weighted by Crippen LogP contribution is 2.16. The molecule has 1 aliphatic rings. The standard InChI is InChI=1S/C14H21FN2O/c1-11-10-18-6-5-17(11)9-13-7-12(8-16-2)3-4-14(13)15/h3-4,7,11,16H,5-6,8-10H2,1-2H3. The number of nitrogens with one attached hydrogen (secondary N) is 1. The molecule has 4 heteroatoms. The molecule has 2 rings (SSSR count). The number of hydrogen-bond donors (Lipinski definition) is 1. The van der Waals surface area contributed by atoms with E-state index in [4.69, 9.17) is 4.74 Å². The van der Waals surface area contributed by atoms with E-state index in [0.717, 1.165) is 37.4 Å². The maximum Gasteiger partial charge on any atom is 0.127 e. The first kappa shape index (κ1) is 13.5. The first-order valence-corrected chi connectivity index (χ1v) is 6.44. The minimum atomic E-state index is -0.117. The van der Waals surface area contributed by atoms with Crippen molar-refractivity contribution in [2.75, 3.05) is 26.8 Å². The zero-order chi connectivity index (χ0) is 13.0. The topological polar surface area (TPSA) is 24.5 Å². The molecule has 1 N–H and O–H groups in total. The molecule has 0 spiro atoms. The average Bonchev–Trinajstić information content (AvgIpc) is 2.36. The summed E-state index contributed by atoms with van der Waals surface area (Å²) in [6.07, 6.45) is 0. The Morgan fingerprint density at radius 1 is 1.50 bits per heavy atom. The van der Waals surface area contributed by atoms with Crippen LogP contribution in [0.2, 0.25) is 0 Å². The van der Waals surface area contributed by atoms with Crippen molar-refractivity contribution in [3.05, 3.63) is 35.1 Å². The van der Waals surface area contributed by atoms with Gasteiger partial charge < -0.3 is 10.1 Å². The molecule has 0 aliphatic carbocycles. The summed E-state index contributed by atoms with van der Waals surface area (Å²) in [5, 5.41) is 3.09. The molecular weight excluding hydrogens is 231 g/mol. The van der Waals surface area contributed by atoms with Gasteiger partial charge in [-0.25, -0.2) is 4.39 Å². The SMILES string of the molecule is CNCc1ccc(F)c(CN2CCOCC2C)c1. The molecule has 0 saturated carbocycles. The van der Waals surface area contributed by atoms with Crippen molar-refractivity contribution < 1.29 is 9.13 Å². The number of ether oxygens (including phenoxy) is 1. The summed E-state index contributed by atoms with van der Waals surface area (Å²) >= 11 is 0. The van der Waals surface area contributed by atoms with E-state index in [0.29, 0.717) is 12.6 Å². The van der Waals surface area contributed by atoms with E-state index in [1.165, 1.54) is 0 Å². The number of hydrogen-bond acceptors (Lipinski definition) is 3. The lowest BCUT2D eigenvalue weighted by Gasteiger charge is -2.33. The smallest absolute Gasteiger partial charge is 0.127 e. The highest BCUT2D eigenvalue weighted by atomic mass is 19.1. The fourth-order valence-electron chi connectivity index (χ4n) is 2.28. The van der Waals surface area contributed by atoms with E-state index < -0.39 is 0 Å². The third-order valence-corrected chi connectivity index (χ3v) is 3.37. The number of rotatable bonds is 4. The first-order chi connectivity index (χ1) is 8.70. The molecule has 100 valence electrons. The predicted octanol–water partition coefficient (Wildman–Crippen LogP) is 1.77. The van der Waals surface area contributed by atoms with Gasteiger partial charge in [0.05, 0.1) is 13.2 Å². The van der Waals surface area contributed by atoms with Crippen molar-refractivity contribution in [3.63, 3.8) is 0 Å². The summed E-state index contributed by atoms with van der Waals surface area (Å²) in [5.74, 6) is -0.117. The number of benzene rings is 1. The van der Waals surface area contributed by atoms with Crippen molar-refractivity contribution in [3.8, 4) is 0 Å². The molecule has 1 unspecified atom stereocenters. The van der Waals surface area contributed by atoms with Gasteiger partial charge in [0, 0.05) is 31.2 Å². The van der Waals surface area contributed by atoms with Crippen LogP contribution in [0.15, 0.2) is 18.2 Å². The number of morpholine rings is 1. The van der Waals surface area contributed by atoms with Gasteiger partial charge in [-0.05, 0) is 25.6 Å². The van der Waals surface area contributed by atoms with Crippen LogP contribution in [0.25, 0.3) is 0 Å². The molecule has 1 heterocycles. The summed E-state index contributed by atoms with van der Waals surface area (Å²) < 4.78 is 19.2. The van der Waals surface area contributed by atoms with E-state index in [1.54, 1.807) is 6.07 Å². The normalized spacial score (nSPS) is 21.2. The Hall–Kier alpha value is -0.970. The van der Waals surface area contributed by atoms with Crippen LogP contribution < -0.4 is 5.32 Å². The predicted molar refractivity (Wildman–Crippen MR) is 69.9 cm³/mol. The van der Waals surface area contributed by atoms with Crippen LogP contribution in [0, 0.1) is 5.82 Å². The van der Waals surface area contributed by atoms with Gasteiger partial charge in [-0.15, -0.1) is 0 Å². The van der Waals surface area contributed by atoms with Crippen molar-refractivity contribution in [1.29, 1.82) is 0 Å². The minimum Gasteiger partial charge on any atom is -0.379 e. The maximum atomic E-state index is 13.8. The summed E-state index contributed by atoms with van der Waals surface area (Å²) in [5.41, 5.74) is 1.89. The Kier molecular flexibility index (Phi) is 4.69. The zero-order valence-corrected chi connectivity index (χ0v) is 11.1. The highest BCUT2D eigenvalue weighted by molar-refractivity contribution is 5.25. The first-order valence-electron chi connectivity index (χ1n) is 6.44. The van der Waals surface area contributed by atoms with E-state index >= 15 is 0 Å². The second-order valence-corrected chi connectivity index (χ2v) is 4.85. The number of halogens is 1. The van der Waals surface area contributed by atoms with Crippen LogP contribution in [0.4, 0.5) is 4.39 Å². The molecule has 1 aromatic rings. The highest BCUT2D eigenvalue weighted by Gasteiger charge is 2.19. The Labute approximate surface area is 108 Å². The van der Waals surface area contributed by atoms with Crippen LogP contribution in [-0.2, 0) is 17.8 Å². The van der Waals surface area contributed by atoms with Crippen LogP contribution in [-0.4, -0.2) is 37.7 Å². The van der Waals surface area contributed by atoms with E-state index in [2.05, 4.69) is 17.1 Å². The van der Waals surface area contributed by atoms with E-state index in [-0.39, 0.29) is 5.82 Å². The second-order valence-electron chi connectivity index (χ2n) is 4.85. The Morgan fingerprint density at radius 3 is 3.06 bits per heavy atom. The molecule has 1 fully saturated rings. The third kappa shape index (κ3) is 3.28. The van der Waals surface area contributed by atoms with E-state index in [1.807, 2.05) is 19.2 Å². The second kappa shape index (κ2) is 6.27. The Balaban J connectivity index is 2.09. The molecule has 0 amide bonds. The van der Waals surface area contributed by atoms with Crippen molar-refractivity contribution >= 4 is 0 Å². The van der Waals surface area contributed by atoms with Crippen LogP contribution in [0.1, 0.15) is 18.1 Å². The summed E-state index contributed by atoms with van der Waals surface area (Å²) in [7, 11) is 1.90. The molecule has 3 nitrogen and oxygen atoms in total. The average molecular weight is 252 g/mol. The summed E-state index contributed by atoms with van der Waals surface area (Å²) in [4.78, 5) is 2.27. The summed E-state index contributed by atoms with van der Waals surface area (Å²) in [6.45, 7) is 5.89. The van der Waals surface area contributed by atoms with Gasteiger partial charge in [-0.1, -0.05) is 12.1 Å². The van der Waals surface area contributed by atoms with Crippen LogP contribution >= 0.6 is 0 Å². The van der Waals surface area contributed by atoms with Crippen molar-refractivity contribution in [2.24, 2.45) is 0 Å². The fraction of sp³-hybridized carbons (Fsp3) is 0.571. The number of nitrogens with zero attached hydrogens (tertiary/aromatic N) is 1. The largest absolute Gasteiger partial charge is 0.379 e. The lowest BCUT2D eigenvalue weighted by molar-refractivity contribution is -0.00481. The molecule has 0 aromatic heterocycles. The van der Waals surface area contributed by atoms with Gasteiger partial charge in [0.15, 0.2) is 0 Å². The molecule has 0 bridgehead atoms. The lowest BCUT2D eigenvalue weighted by Crippen LogP contribution is -2.43. The molecular formula is C14H21FN2O. The minimum absolute atomic E-state index is 0.117. The van der Waals surface area contributed by atoms with Gasteiger partial charge in [-0.3, -0.25) is 4.90 Å². The van der Waals surface area contributed by atoms with Gasteiger partial charge in [0.1, 0.15) is 5.82 Å². The molecule has 18 heavy (non-hydrogen) atoms.